The van der Waals surface area contributed by atoms with E-state index in [0.717, 1.165) is 44.2 Å². The van der Waals surface area contributed by atoms with Gasteiger partial charge in [0.15, 0.2) is 0 Å². The van der Waals surface area contributed by atoms with E-state index in [4.69, 9.17) is 5.73 Å². The van der Waals surface area contributed by atoms with Gasteiger partial charge in [-0.3, -0.25) is 0 Å². The fraction of sp³-hybridized carbons (Fsp3) is 0.611. The molecule has 0 fully saturated rings. The third-order valence-corrected chi connectivity index (χ3v) is 7.62. The SMILES string of the molecule is CCCCCNc1c(I)c(C(=O)O)c(I)c(C(N)CCC(O)CC)c1I. The molecule has 2 atom stereocenters. The van der Waals surface area contributed by atoms with Crippen molar-refractivity contribution in [2.75, 3.05) is 11.9 Å². The van der Waals surface area contributed by atoms with Crippen molar-refractivity contribution in [3.05, 3.63) is 21.8 Å². The number of carbonyl (C=O) groups is 1. The Hall–Kier alpha value is 0.600. The molecule has 0 radical (unpaired) electrons. The first-order chi connectivity index (χ1) is 12.3. The lowest BCUT2D eigenvalue weighted by Crippen LogP contribution is -2.21. The second-order valence-corrected chi connectivity index (χ2v) is 9.53. The predicted octanol–water partition coefficient (Wildman–Crippen LogP) is 5.35. The van der Waals surface area contributed by atoms with Crippen LogP contribution in [-0.4, -0.2) is 28.8 Å². The number of hydrogen-bond donors (Lipinski definition) is 4. The summed E-state index contributed by atoms with van der Waals surface area (Å²) >= 11 is 6.48. The Labute approximate surface area is 196 Å². The van der Waals surface area contributed by atoms with Crippen LogP contribution in [0.2, 0.25) is 0 Å². The quantitative estimate of drug-likeness (QED) is 0.185. The third kappa shape index (κ3) is 6.59. The number of aromatic carboxylic acids is 1. The number of carboxylic acid groups (broad SMARTS) is 1. The predicted molar refractivity (Wildman–Crippen MR) is 132 cm³/mol. The van der Waals surface area contributed by atoms with Gasteiger partial charge in [-0.05, 0) is 99.0 Å². The van der Waals surface area contributed by atoms with Gasteiger partial charge >= 0.3 is 5.97 Å². The molecule has 0 aliphatic carbocycles. The van der Waals surface area contributed by atoms with E-state index < -0.39 is 5.97 Å². The van der Waals surface area contributed by atoms with Crippen molar-refractivity contribution >= 4 is 79.4 Å². The first kappa shape index (κ1) is 24.6. The Kier molecular flexibility index (Phi) is 11.6. The van der Waals surface area contributed by atoms with Gasteiger partial charge in [0.1, 0.15) is 0 Å². The molecule has 0 heterocycles. The van der Waals surface area contributed by atoms with E-state index in [0.29, 0.717) is 28.4 Å². The second-order valence-electron chi connectivity index (χ2n) is 6.29. The molecular weight excluding hydrogens is 673 g/mol. The largest absolute Gasteiger partial charge is 0.478 e. The average Bonchev–Trinajstić information content (AvgIpc) is 2.58. The number of nitrogens with one attached hydrogen (secondary N) is 1. The Morgan fingerprint density at radius 1 is 1.12 bits per heavy atom. The van der Waals surface area contributed by atoms with Gasteiger partial charge in [-0.1, -0.05) is 26.7 Å². The highest BCUT2D eigenvalue weighted by molar-refractivity contribution is 14.1. The molecule has 5 nitrogen and oxygen atoms in total. The van der Waals surface area contributed by atoms with Crippen LogP contribution in [0, 0.1) is 10.7 Å². The molecule has 8 heteroatoms. The topological polar surface area (TPSA) is 95.6 Å². The summed E-state index contributed by atoms with van der Waals surface area (Å²) in [5.41, 5.74) is 8.46. The van der Waals surface area contributed by atoms with Gasteiger partial charge in [-0.15, -0.1) is 0 Å². The van der Waals surface area contributed by atoms with Gasteiger partial charge in [-0.25, -0.2) is 4.79 Å². The monoisotopic (exact) mass is 700 g/mol. The number of anilines is 1. The number of aliphatic hydroxyl groups excluding tert-OH is 1. The van der Waals surface area contributed by atoms with Crippen molar-refractivity contribution < 1.29 is 15.0 Å². The lowest BCUT2D eigenvalue weighted by Gasteiger charge is -2.23. The minimum Gasteiger partial charge on any atom is -0.478 e. The molecule has 0 saturated carbocycles. The molecule has 0 amide bonds. The van der Waals surface area contributed by atoms with Gasteiger partial charge in [-0.2, -0.15) is 0 Å². The van der Waals surface area contributed by atoms with E-state index in [2.05, 4.69) is 80.0 Å². The Balaban J connectivity index is 3.26. The maximum Gasteiger partial charge on any atom is 0.337 e. The average molecular weight is 700 g/mol. The fourth-order valence-corrected chi connectivity index (χ4v) is 7.47. The van der Waals surface area contributed by atoms with E-state index in [1.807, 2.05) is 6.92 Å². The van der Waals surface area contributed by atoms with Gasteiger partial charge in [0.05, 0.1) is 20.9 Å². The van der Waals surface area contributed by atoms with Crippen LogP contribution >= 0.6 is 67.8 Å². The first-order valence-electron chi connectivity index (χ1n) is 8.87. The van der Waals surface area contributed by atoms with Crippen molar-refractivity contribution in [1.82, 2.24) is 0 Å². The van der Waals surface area contributed by atoms with Crippen LogP contribution in [0.25, 0.3) is 0 Å². The van der Waals surface area contributed by atoms with Crippen LogP contribution in [0.15, 0.2) is 0 Å². The Morgan fingerprint density at radius 3 is 2.31 bits per heavy atom. The van der Waals surface area contributed by atoms with Crippen molar-refractivity contribution in [1.29, 1.82) is 0 Å². The van der Waals surface area contributed by atoms with E-state index in [1.54, 1.807) is 0 Å². The van der Waals surface area contributed by atoms with Crippen LogP contribution in [0.4, 0.5) is 5.69 Å². The van der Waals surface area contributed by atoms with Crippen LogP contribution in [0.1, 0.15) is 74.3 Å². The second kappa shape index (κ2) is 12.2. The molecule has 1 aromatic rings. The number of carboxylic acids is 1. The van der Waals surface area contributed by atoms with Gasteiger partial charge in [0.2, 0.25) is 0 Å². The Bertz CT molecular complexity index is 626. The van der Waals surface area contributed by atoms with Crippen molar-refractivity contribution in [3.63, 3.8) is 0 Å². The Morgan fingerprint density at radius 2 is 1.77 bits per heavy atom. The van der Waals surface area contributed by atoms with Crippen molar-refractivity contribution in [2.24, 2.45) is 5.73 Å². The molecule has 0 aliphatic rings. The van der Waals surface area contributed by atoms with Crippen LogP contribution in [-0.2, 0) is 0 Å². The number of rotatable bonds is 11. The zero-order valence-corrected chi connectivity index (χ0v) is 21.6. The van der Waals surface area contributed by atoms with E-state index >= 15 is 0 Å². The number of benzene rings is 1. The van der Waals surface area contributed by atoms with Gasteiger partial charge in [0, 0.05) is 19.7 Å². The summed E-state index contributed by atoms with van der Waals surface area (Å²) in [5, 5.41) is 23.0. The molecule has 148 valence electrons. The molecule has 1 aromatic carbocycles. The lowest BCUT2D eigenvalue weighted by atomic mass is 9.97. The molecule has 0 saturated heterocycles. The highest BCUT2D eigenvalue weighted by Gasteiger charge is 2.27. The summed E-state index contributed by atoms with van der Waals surface area (Å²) in [6.07, 6.45) is 4.87. The summed E-state index contributed by atoms with van der Waals surface area (Å²) in [5.74, 6) is -0.936. The van der Waals surface area contributed by atoms with Gasteiger partial charge < -0.3 is 21.3 Å². The molecule has 26 heavy (non-hydrogen) atoms. The van der Waals surface area contributed by atoms with Crippen LogP contribution in [0.3, 0.4) is 0 Å². The first-order valence-corrected chi connectivity index (χ1v) is 12.1. The maximum atomic E-state index is 11.8. The summed E-state index contributed by atoms with van der Waals surface area (Å²) < 4.78 is 2.41. The van der Waals surface area contributed by atoms with E-state index in [-0.39, 0.29) is 12.1 Å². The van der Waals surface area contributed by atoms with Gasteiger partial charge in [0.25, 0.3) is 0 Å². The number of unbranched alkanes of at least 4 members (excludes halogenated alkanes) is 2. The third-order valence-electron chi connectivity index (χ3n) is 4.30. The van der Waals surface area contributed by atoms with E-state index in [9.17, 15) is 15.0 Å². The number of hydrogen-bond acceptors (Lipinski definition) is 4. The highest BCUT2D eigenvalue weighted by Crippen LogP contribution is 2.39. The molecule has 0 bridgehead atoms. The number of aliphatic hydroxyl groups is 1. The summed E-state index contributed by atoms with van der Waals surface area (Å²) in [6.45, 7) is 4.90. The van der Waals surface area contributed by atoms with Crippen molar-refractivity contribution in [3.8, 4) is 0 Å². The smallest absolute Gasteiger partial charge is 0.337 e. The highest BCUT2D eigenvalue weighted by atomic mass is 127. The summed E-state index contributed by atoms with van der Waals surface area (Å²) in [7, 11) is 0. The molecule has 2 unspecified atom stereocenters. The molecule has 5 N–H and O–H groups in total. The van der Waals surface area contributed by atoms with Crippen LogP contribution < -0.4 is 11.1 Å². The minimum atomic E-state index is -0.936. The lowest BCUT2D eigenvalue weighted by molar-refractivity contribution is 0.0694. The van der Waals surface area contributed by atoms with Crippen LogP contribution in [0.5, 0.6) is 0 Å². The molecule has 0 aliphatic heterocycles. The number of halogens is 3. The zero-order valence-electron chi connectivity index (χ0n) is 15.1. The molecule has 0 aromatic heterocycles. The molecular formula is C18H27I3N2O3. The van der Waals surface area contributed by atoms with Crippen molar-refractivity contribution in [2.45, 2.75) is 64.5 Å². The fourth-order valence-electron chi connectivity index (χ4n) is 2.66. The summed E-state index contributed by atoms with van der Waals surface area (Å²) in [6, 6.07) is -0.304. The molecule has 1 rings (SSSR count). The van der Waals surface area contributed by atoms with E-state index in [1.165, 1.54) is 0 Å². The standard InChI is InChI=1S/C18H27I3N2O3/c1-3-5-6-9-23-17-15(20)12(11(22)8-7-10(24)4-2)14(19)13(16(17)21)18(25)26/h10-11,23-24H,3-9,22H2,1-2H3,(H,25,26). The summed E-state index contributed by atoms with van der Waals surface area (Å²) in [4.78, 5) is 11.8. The number of nitrogens with two attached hydrogens (primary N) is 1. The zero-order chi connectivity index (χ0) is 19.9. The molecule has 0 spiro atoms. The minimum absolute atomic E-state index is 0.304. The maximum absolute atomic E-state index is 11.8. The normalized spacial score (nSPS) is 13.5.